The summed E-state index contributed by atoms with van der Waals surface area (Å²) in [5, 5.41) is 13.2. The van der Waals surface area contributed by atoms with Crippen molar-refractivity contribution in [2.75, 3.05) is 26.2 Å². The minimum Gasteiger partial charge on any atom is -0.394 e. The first-order valence-corrected chi connectivity index (χ1v) is 8.24. The lowest BCUT2D eigenvalue weighted by Crippen LogP contribution is -2.48. The van der Waals surface area contributed by atoms with Crippen molar-refractivity contribution in [2.24, 2.45) is 5.92 Å². The third-order valence-electron chi connectivity index (χ3n) is 5.01. The molecule has 1 saturated carbocycles. The van der Waals surface area contributed by atoms with Crippen LogP contribution in [0, 0.1) is 5.92 Å². The van der Waals surface area contributed by atoms with Crippen LogP contribution in [0.15, 0.2) is 0 Å². The molecule has 0 aromatic carbocycles. The Balaban J connectivity index is 2.59. The van der Waals surface area contributed by atoms with Crippen LogP contribution in [0.25, 0.3) is 0 Å². The highest BCUT2D eigenvalue weighted by molar-refractivity contribution is 4.99. The van der Waals surface area contributed by atoms with E-state index >= 15 is 0 Å². The molecule has 1 rings (SSSR count). The molecule has 2 atom stereocenters. The Kier molecular flexibility index (Phi) is 7.33. The zero-order chi connectivity index (χ0) is 14.3. The lowest BCUT2D eigenvalue weighted by molar-refractivity contribution is 0.135. The predicted octanol–water partition coefficient (Wildman–Crippen LogP) is 2.64. The second-order valence-electron chi connectivity index (χ2n) is 6.14. The number of hydrogen-bond acceptors (Lipinski definition) is 3. The molecule has 114 valence electrons. The van der Waals surface area contributed by atoms with Crippen LogP contribution in [-0.4, -0.2) is 47.8 Å². The molecule has 0 heterocycles. The minimum absolute atomic E-state index is 0.0131. The van der Waals surface area contributed by atoms with Gasteiger partial charge in [0.15, 0.2) is 0 Å². The lowest BCUT2D eigenvalue weighted by Gasteiger charge is -2.33. The van der Waals surface area contributed by atoms with Gasteiger partial charge < -0.3 is 15.3 Å². The monoisotopic (exact) mass is 270 g/mol. The molecule has 0 aromatic heterocycles. The lowest BCUT2D eigenvalue weighted by atomic mass is 9.97. The molecule has 3 nitrogen and oxygen atoms in total. The van der Waals surface area contributed by atoms with Crippen LogP contribution in [0.5, 0.6) is 0 Å². The van der Waals surface area contributed by atoms with Crippen LogP contribution < -0.4 is 5.32 Å². The second kappa shape index (κ2) is 8.23. The zero-order valence-electron chi connectivity index (χ0n) is 13.4. The highest BCUT2D eigenvalue weighted by atomic mass is 16.3. The Morgan fingerprint density at radius 1 is 1.26 bits per heavy atom. The molecule has 3 heteroatoms. The maximum atomic E-state index is 9.71. The molecule has 2 N–H and O–H groups in total. The van der Waals surface area contributed by atoms with Gasteiger partial charge in [0.25, 0.3) is 0 Å². The summed E-state index contributed by atoms with van der Waals surface area (Å²) in [6.45, 7) is 12.6. The van der Waals surface area contributed by atoms with Crippen LogP contribution in [0.3, 0.4) is 0 Å². The molecule has 0 saturated heterocycles. The van der Waals surface area contributed by atoms with Crippen molar-refractivity contribution in [1.29, 1.82) is 0 Å². The van der Waals surface area contributed by atoms with E-state index in [9.17, 15) is 5.11 Å². The minimum atomic E-state index is -0.0131. The van der Waals surface area contributed by atoms with Gasteiger partial charge in [-0.05, 0) is 38.3 Å². The third-order valence-corrected chi connectivity index (χ3v) is 5.01. The third kappa shape index (κ3) is 4.44. The average molecular weight is 270 g/mol. The van der Waals surface area contributed by atoms with Crippen molar-refractivity contribution in [1.82, 2.24) is 10.2 Å². The van der Waals surface area contributed by atoms with Crippen molar-refractivity contribution < 1.29 is 5.11 Å². The van der Waals surface area contributed by atoms with E-state index in [4.69, 9.17) is 0 Å². The maximum absolute atomic E-state index is 9.71. The first kappa shape index (κ1) is 16.9. The molecule has 1 aliphatic carbocycles. The molecule has 0 aromatic rings. The van der Waals surface area contributed by atoms with Gasteiger partial charge in [0, 0.05) is 18.1 Å². The number of hydrogen-bond donors (Lipinski definition) is 2. The van der Waals surface area contributed by atoms with Crippen LogP contribution >= 0.6 is 0 Å². The quantitative estimate of drug-likeness (QED) is 0.676. The molecular weight excluding hydrogens is 236 g/mol. The van der Waals surface area contributed by atoms with E-state index in [-0.39, 0.29) is 12.1 Å². The summed E-state index contributed by atoms with van der Waals surface area (Å²) in [4.78, 5) is 2.65. The van der Waals surface area contributed by atoms with Crippen molar-refractivity contribution in [2.45, 2.75) is 71.4 Å². The van der Waals surface area contributed by atoms with E-state index in [1.807, 2.05) is 0 Å². The van der Waals surface area contributed by atoms with Crippen molar-refractivity contribution in [3.63, 3.8) is 0 Å². The molecule has 0 bridgehead atoms. The molecule has 1 fully saturated rings. The van der Waals surface area contributed by atoms with Gasteiger partial charge in [0.2, 0.25) is 0 Å². The largest absolute Gasteiger partial charge is 0.394 e. The fraction of sp³-hybridized carbons (Fsp3) is 1.00. The Morgan fingerprint density at radius 3 is 2.42 bits per heavy atom. The van der Waals surface area contributed by atoms with E-state index in [0.29, 0.717) is 6.04 Å². The molecule has 1 aliphatic rings. The average Bonchev–Trinajstić information content (AvgIpc) is 2.85. The number of likely N-dealkylation sites (N-methyl/N-ethyl adjacent to an activating group) is 1. The Morgan fingerprint density at radius 2 is 1.95 bits per heavy atom. The van der Waals surface area contributed by atoms with E-state index in [1.165, 1.54) is 25.8 Å². The van der Waals surface area contributed by atoms with Crippen molar-refractivity contribution in [3.05, 3.63) is 0 Å². The van der Waals surface area contributed by atoms with Gasteiger partial charge in [-0.3, -0.25) is 0 Å². The summed E-state index contributed by atoms with van der Waals surface area (Å²) in [5.41, 5.74) is -0.0131. The second-order valence-corrected chi connectivity index (χ2v) is 6.14. The van der Waals surface area contributed by atoms with Crippen LogP contribution in [0.2, 0.25) is 0 Å². The summed E-state index contributed by atoms with van der Waals surface area (Å²) in [6, 6.07) is 0.650. The van der Waals surface area contributed by atoms with E-state index in [0.717, 1.165) is 31.8 Å². The van der Waals surface area contributed by atoms with Crippen molar-refractivity contribution in [3.8, 4) is 0 Å². The Hall–Kier alpha value is -0.120. The summed E-state index contributed by atoms with van der Waals surface area (Å²) in [6.07, 6.45) is 5.99. The van der Waals surface area contributed by atoms with Crippen molar-refractivity contribution >= 4 is 0 Å². The predicted molar refractivity (Wildman–Crippen MR) is 82.5 cm³/mol. The van der Waals surface area contributed by atoms with Gasteiger partial charge in [-0.25, -0.2) is 0 Å². The van der Waals surface area contributed by atoms with Gasteiger partial charge in [-0.15, -0.1) is 0 Å². The molecule has 0 aliphatic heterocycles. The van der Waals surface area contributed by atoms with Gasteiger partial charge in [-0.2, -0.15) is 0 Å². The van der Waals surface area contributed by atoms with E-state index < -0.39 is 0 Å². The summed E-state index contributed by atoms with van der Waals surface area (Å²) in [5.74, 6) is 0.822. The standard InChI is InChI=1S/C16H34N2O/c1-5-14(6-2)12-18(8-4)15-9-10-16(11-15,13-19)17-7-3/h14-15,17,19H,5-13H2,1-4H3. The molecule has 0 spiro atoms. The van der Waals surface area contributed by atoms with Gasteiger partial charge in [0.1, 0.15) is 0 Å². The van der Waals surface area contributed by atoms with Gasteiger partial charge >= 0.3 is 0 Å². The van der Waals surface area contributed by atoms with Gasteiger partial charge in [0.05, 0.1) is 6.61 Å². The summed E-state index contributed by atoms with van der Waals surface area (Å²) >= 11 is 0. The highest BCUT2D eigenvalue weighted by Crippen LogP contribution is 2.33. The first-order valence-electron chi connectivity index (χ1n) is 8.24. The fourth-order valence-corrected chi connectivity index (χ4v) is 3.56. The molecule has 0 radical (unpaired) electrons. The van der Waals surface area contributed by atoms with Gasteiger partial charge in [-0.1, -0.05) is 40.5 Å². The van der Waals surface area contributed by atoms with E-state index in [2.05, 4.69) is 37.9 Å². The molecule has 0 amide bonds. The summed E-state index contributed by atoms with van der Waals surface area (Å²) < 4.78 is 0. The summed E-state index contributed by atoms with van der Waals surface area (Å²) in [7, 11) is 0. The Bertz CT molecular complexity index is 243. The first-order chi connectivity index (χ1) is 9.14. The fourth-order valence-electron chi connectivity index (χ4n) is 3.56. The topological polar surface area (TPSA) is 35.5 Å². The maximum Gasteiger partial charge on any atom is 0.0613 e. The molecular formula is C16H34N2O. The number of nitrogens with one attached hydrogen (secondary N) is 1. The van der Waals surface area contributed by atoms with Crippen LogP contribution in [0.4, 0.5) is 0 Å². The SMILES string of the molecule is CCNC1(CO)CCC(N(CC)CC(CC)CC)C1. The van der Waals surface area contributed by atoms with Crippen LogP contribution in [0.1, 0.15) is 59.8 Å². The molecule has 19 heavy (non-hydrogen) atoms. The smallest absolute Gasteiger partial charge is 0.0613 e. The van der Waals surface area contributed by atoms with Crippen LogP contribution in [-0.2, 0) is 0 Å². The zero-order valence-corrected chi connectivity index (χ0v) is 13.4. The van der Waals surface area contributed by atoms with E-state index in [1.54, 1.807) is 0 Å². The highest BCUT2D eigenvalue weighted by Gasteiger charge is 2.40. The number of aliphatic hydroxyl groups excluding tert-OH is 1. The number of nitrogens with zero attached hydrogens (tertiary/aromatic N) is 1. The Labute approximate surface area is 119 Å². The number of aliphatic hydroxyl groups is 1. The number of rotatable bonds is 9. The normalized spacial score (nSPS) is 27.6. The molecule has 2 unspecified atom stereocenters.